The van der Waals surface area contributed by atoms with Crippen LogP contribution < -0.4 is 5.32 Å². The molecule has 4 rings (SSSR count). The minimum absolute atomic E-state index is 0.572. The summed E-state index contributed by atoms with van der Waals surface area (Å²) in [6.07, 6.45) is 4.93. The lowest BCUT2D eigenvalue weighted by Gasteiger charge is -2.26. The Morgan fingerprint density at radius 2 is 1.80 bits per heavy atom. The SMILES string of the molecule is CCc1cccc(-c2nc(-c3cccc(CNC4CCC4)c3)no2)c1. The van der Waals surface area contributed by atoms with Gasteiger partial charge in [-0.3, -0.25) is 0 Å². The minimum Gasteiger partial charge on any atom is -0.334 e. The van der Waals surface area contributed by atoms with Gasteiger partial charge in [0.15, 0.2) is 0 Å². The zero-order valence-electron chi connectivity index (χ0n) is 14.5. The van der Waals surface area contributed by atoms with Crippen LogP contribution in [0.2, 0.25) is 0 Å². The van der Waals surface area contributed by atoms with Crippen LogP contribution in [0.25, 0.3) is 22.8 Å². The standard InChI is InChI=1S/C21H23N3O/c1-2-15-6-3-9-18(12-15)21-23-20(24-25-21)17-8-4-7-16(13-17)14-22-19-10-5-11-19/h3-4,6-9,12-13,19,22H,2,5,10-11,14H2,1H3. The largest absolute Gasteiger partial charge is 0.334 e. The van der Waals surface area contributed by atoms with Gasteiger partial charge in [0.2, 0.25) is 5.82 Å². The Labute approximate surface area is 148 Å². The molecule has 0 atom stereocenters. The van der Waals surface area contributed by atoms with Crippen molar-refractivity contribution >= 4 is 0 Å². The third-order valence-electron chi connectivity index (χ3n) is 4.89. The molecule has 0 aliphatic heterocycles. The van der Waals surface area contributed by atoms with Gasteiger partial charge in [0.25, 0.3) is 5.89 Å². The number of hydrogen-bond donors (Lipinski definition) is 1. The smallest absolute Gasteiger partial charge is 0.258 e. The van der Waals surface area contributed by atoms with Crippen molar-refractivity contribution < 1.29 is 4.52 Å². The minimum atomic E-state index is 0.572. The van der Waals surface area contributed by atoms with Gasteiger partial charge in [-0.2, -0.15) is 4.98 Å². The predicted octanol–water partition coefficient (Wildman–Crippen LogP) is 4.61. The van der Waals surface area contributed by atoms with Crippen LogP contribution in [0.4, 0.5) is 0 Å². The lowest BCUT2D eigenvalue weighted by Crippen LogP contribution is -2.34. The molecule has 1 aliphatic rings. The van der Waals surface area contributed by atoms with Crippen LogP contribution in [0.5, 0.6) is 0 Å². The Kier molecular flexibility index (Phi) is 4.61. The summed E-state index contributed by atoms with van der Waals surface area (Å²) in [4.78, 5) is 4.59. The van der Waals surface area contributed by atoms with Gasteiger partial charge in [-0.15, -0.1) is 0 Å². The molecule has 0 spiro atoms. The highest BCUT2D eigenvalue weighted by Gasteiger charge is 2.16. The van der Waals surface area contributed by atoms with E-state index in [1.807, 2.05) is 18.2 Å². The van der Waals surface area contributed by atoms with Crippen LogP contribution in [-0.4, -0.2) is 16.2 Å². The van der Waals surface area contributed by atoms with E-state index in [1.165, 1.54) is 30.4 Å². The zero-order valence-corrected chi connectivity index (χ0v) is 14.5. The summed E-state index contributed by atoms with van der Waals surface area (Å²) < 4.78 is 5.49. The van der Waals surface area contributed by atoms with E-state index in [4.69, 9.17) is 4.52 Å². The maximum absolute atomic E-state index is 5.49. The van der Waals surface area contributed by atoms with E-state index >= 15 is 0 Å². The fraction of sp³-hybridized carbons (Fsp3) is 0.333. The molecular formula is C21H23N3O. The molecule has 0 unspecified atom stereocenters. The van der Waals surface area contributed by atoms with Crippen molar-refractivity contribution in [3.05, 3.63) is 59.7 Å². The number of hydrogen-bond acceptors (Lipinski definition) is 4. The third-order valence-corrected chi connectivity index (χ3v) is 4.89. The lowest BCUT2D eigenvalue weighted by molar-refractivity contribution is 0.338. The molecule has 0 amide bonds. The van der Waals surface area contributed by atoms with Crippen LogP contribution in [0.15, 0.2) is 53.1 Å². The highest BCUT2D eigenvalue weighted by atomic mass is 16.5. The molecule has 1 N–H and O–H groups in total. The van der Waals surface area contributed by atoms with E-state index in [2.05, 4.69) is 52.7 Å². The Morgan fingerprint density at radius 3 is 2.56 bits per heavy atom. The van der Waals surface area contributed by atoms with Crippen LogP contribution in [0, 0.1) is 0 Å². The van der Waals surface area contributed by atoms with E-state index in [9.17, 15) is 0 Å². The first-order valence-electron chi connectivity index (χ1n) is 9.07. The van der Waals surface area contributed by atoms with Crippen molar-refractivity contribution in [2.24, 2.45) is 0 Å². The second-order valence-corrected chi connectivity index (χ2v) is 6.69. The molecule has 1 saturated carbocycles. The van der Waals surface area contributed by atoms with Gasteiger partial charge in [-0.05, 0) is 48.6 Å². The first kappa shape index (κ1) is 16.0. The normalized spacial score (nSPS) is 14.4. The Balaban J connectivity index is 1.52. The first-order valence-corrected chi connectivity index (χ1v) is 9.07. The van der Waals surface area contributed by atoms with Crippen molar-refractivity contribution in [1.29, 1.82) is 0 Å². The molecule has 1 heterocycles. The van der Waals surface area contributed by atoms with Crippen molar-refractivity contribution in [3.63, 3.8) is 0 Å². The molecular weight excluding hydrogens is 310 g/mol. The molecule has 0 radical (unpaired) electrons. The number of benzene rings is 2. The number of aromatic nitrogens is 2. The second kappa shape index (κ2) is 7.19. The molecule has 1 aromatic heterocycles. The monoisotopic (exact) mass is 333 g/mol. The van der Waals surface area contributed by atoms with Crippen molar-refractivity contribution in [2.75, 3.05) is 0 Å². The van der Waals surface area contributed by atoms with Crippen molar-refractivity contribution in [1.82, 2.24) is 15.5 Å². The predicted molar refractivity (Wildman–Crippen MR) is 99.0 cm³/mol. The first-order chi connectivity index (χ1) is 12.3. The molecule has 25 heavy (non-hydrogen) atoms. The van der Waals surface area contributed by atoms with E-state index in [1.54, 1.807) is 0 Å². The Bertz CT molecular complexity index is 852. The fourth-order valence-corrected chi connectivity index (χ4v) is 3.08. The van der Waals surface area contributed by atoms with Gasteiger partial charge in [-0.25, -0.2) is 0 Å². The molecule has 0 saturated heterocycles. The summed E-state index contributed by atoms with van der Waals surface area (Å²) in [5.41, 5.74) is 4.49. The summed E-state index contributed by atoms with van der Waals surface area (Å²) >= 11 is 0. The third kappa shape index (κ3) is 3.64. The van der Waals surface area contributed by atoms with E-state index in [-0.39, 0.29) is 0 Å². The van der Waals surface area contributed by atoms with Gasteiger partial charge >= 0.3 is 0 Å². The second-order valence-electron chi connectivity index (χ2n) is 6.69. The van der Waals surface area contributed by atoms with Gasteiger partial charge in [0.1, 0.15) is 0 Å². The van der Waals surface area contributed by atoms with E-state index in [0.29, 0.717) is 17.8 Å². The maximum Gasteiger partial charge on any atom is 0.258 e. The summed E-state index contributed by atoms with van der Waals surface area (Å²) in [6.45, 7) is 3.03. The van der Waals surface area contributed by atoms with Crippen LogP contribution in [0.3, 0.4) is 0 Å². The van der Waals surface area contributed by atoms with Crippen LogP contribution in [-0.2, 0) is 13.0 Å². The van der Waals surface area contributed by atoms with Crippen LogP contribution >= 0.6 is 0 Å². The number of aryl methyl sites for hydroxylation is 1. The summed E-state index contributed by atoms with van der Waals surface area (Å²) in [6, 6.07) is 17.3. The summed E-state index contributed by atoms with van der Waals surface area (Å²) in [5.74, 6) is 1.21. The Morgan fingerprint density at radius 1 is 1.04 bits per heavy atom. The van der Waals surface area contributed by atoms with Gasteiger partial charge in [-0.1, -0.05) is 48.8 Å². The molecule has 4 nitrogen and oxygen atoms in total. The van der Waals surface area contributed by atoms with Crippen LogP contribution in [0.1, 0.15) is 37.3 Å². The quantitative estimate of drug-likeness (QED) is 0.716. The molecule has 4 heteroatoms. The summed E-state index contributed by atoms with van der Waals surface area (Å²) in [5, 5.41) is 7.77. The molecule has 2 aromatic carbocycles. The van der Waals surface area contributed by atoms with Crippen molar-refractivity contribution in [3.8, 4) is 22.8 Å². The molecule has 128 valence electrons. The molecule has 3 aromatic rings. The van der Waals surface area contributed by atoms with E-state index in [0.717, 1.165) is 24.1 Å². The highest BCUT2D eigenvalue weighted by molar-refractivity contribution is 5.60. The van der Waals surface area contributed by atoms with Crippen molar-refractivity contribution in [2.45, 2.75) is 45.2 Å². The summed E-state index contributed by atoms with van der Waals surface area (Å²) in [7, 11) is 0. The van der Waals surface area contributed by atoms with E-state index < -0.39 is 0 Å². The number of rotatable bonds is 6. The average molecular weight is 333 g/mol. The number of nitrogens with one attached hydrogen (secondary N) is 1. The molecule has 1 fully saturated rings. The topological polar surface area (TPSA) is 51.0 Å². The Hall–Kier alpha value is -2.46. The highest BCUT2D eigenvalue weighted by Crippen LogP contribution is 2.24. The number of nitrogens with zero attached hydrogens (tertiary/aromatic N) is 2. The fourth-order valence-electron chi connectivity index (χ4n) is 3.08. The lowest BCUT2D eigenvalue weighted by atomic mass is 9.93. The maximum atomic E-state index is 5.49. The molecule has 0 bridgehead atoms. The molecule has 1 aliphatic carbocycles. The van der Waals surface area contributed by atoms with Gasteiger partial charge in [0, 0.05) is 23.7 Å². The zero-order chi connectivity index (χ0) is 17.1. The van der Waals surface area contributed by atoms with Gasteiger partial charge < -0.3 is 9.84 Å². The average Bonchev–Trinajstić information content (AvgIpc) is 3.11. The van der Waals surface area contributed by atoms with Gasteiger partial charge in [0.05, 0.1) is 0 Å².